The normalized spacial score (nSPS) is 18.0. The zero-order valence-electron chi connectivity index (χ0n) is 17.6. The van der Waals surface area contributed by atoms with E-state index in [9.17, 15) is 0 Å². The van der Waals surface area contributed by atoms with Gasteiger partial charge in [-0.2, -0.15) is 0 Å². The Labute approximate surface area is 177 Å². The smallest absolute Gasteiger partial charge is 0.139 e. The number of hydrogen-bond acceptors (Lipinski definition) is 6. The molecule has 2 heterocycles. The molecule has 1 unspecified atom stereocenters. The number of nitrogens with one attached hydrogen (secondary N) is 2. The molecule has 3 aromatic rings. The maximum Gasteiger partial charge on any atom is 0.139 e. The van der Waals surface area contributed by atoms with Gasteiger partial charge in [0.2, 0.25) is 0 Å². The predicted molar refractivity (Wildman–Crippen MR) is 122 cm³/mol. The van der Waals surface area contributed by atoms with Crippen molar-refractivity contribution in [3.63, 3.8) is 0 Å². The number of ether oxygens (including phenoxy) is 1. The van der Waals surface area contributed by atoms with E-state index in [-0.39, 0.29) is 5.41 Å². The van der Waals surface area contributed by atoms with Crippen LogP contribution in [0.1, 0.15) is 20.3 Å². The summed E-state index contributed by atoms with van der Waals surface area (Å²) in [6, 6.07) is 17.6. The highest BCUT2D eigenvalue weighted by atomic mass is 16.5. The summed E-state index contributed by atoms with van der Waals surface area (Å²) >= 11 is 0. The first-order valence-electron chi connectivity index (χ1n) is 10.4. The molecular formula is C24H29N5O. The Kier molecular flexibility index (Phi) is 5.86. The third-order valence-corrected chi connectivity index (χ3v) is 5.87. The fourth-order valence-corrected chi connectivity index (χ4v) is 3.95. The van der Waals surface area contributed by atoms with Crippen LogP contribution in [-0.2, 0) is 0 Å². The molecule has 30 heavy (non-hydrogen) atoms. The Morgan fingerprint density at radius 1 is 1.07 bits per heavy atom. The third-order valence-electron chi connectivity index (χ3n) is 5.87. The summed E-state index contributed by atoms with van der Waals surface area (Å²) < 4.78 is 5.90. The van der Waals surface area contributed by atoms with E-state index < -0.39 is 0 Å². The van der Waals surface area contributed by atoms with Gasteiger partial charge in [-0.3, -0.25) is 0 Å². The van der Waals surface area contributed by atoms with E-state index in [4.69, 9.17) is 10.5 Å². The Hall–Kier alpha value is -3.12. The molecule has 1 saturated heterocycles. The maximum atomic E-state index is 6.24. The molecule has 1 aliphatic rings. The molecule has 1 atom stereocenters. The minimum absolute atomic E-state index is 0.237. The van der Waals surface area contributed by atoms with Gasteiger partial charge in [-0.15, -0.1) is 0 Å². The number of anilines is 2. The van der Waals surface area contributed by atoms with Crippen LogP contribution in [0.25, 0.3) is 11.1 Å². The van der Waals surface area contributed by atoms with Gasteiger partial charge >= 0.3 is 0 Å². The number of nitrogens with zero attached hydrogens (tertiary/aromatic N) is 2. The van der Waals surface area contributed by atoms with Crippen molar-refractivity contribution >= 4 is 11.6 Å². The van der Waals surface area contributed by atoms with E-state index in [0.717, 1.165) is 54.5 Å². The summed E-state index contributed by atoms with van der Waals surface area (Å²) in [5.41, 5.74) is 8.27. The lowest BCUT2D eigenvalue weighted by atomic mass is 9.74. The molecule has 0 amide bonds. The highest BCUT2D eigenvalue weighted by Crippen LogP contribution is 2.35. The highest BCUT2D eigenvalue weighted by molar-refractivity contribution is 5.83. The fourth-order valence-electron chi connectivity index (χ4n) is 3.95. The number of para-hydroxylation sites is 1. The summed E-state index contributed by atoms with van der Waals surface area (Å²) in [6.07, 6.45) is 2.66. The molecule has 0 bridgehead atoms. The molecule has 1 aromatic heterocycles. The minimum atomic E-state index is 0.237. The molecular weight excluding hydrogens is 374 g/mol. The van der Waals surface area contributed by atoms with Gasteiger partial charge in [0, 0.05) is 13.1 Å². The minimum Gasteiger partial charge on any atom is -0.457 e. The van der Waals surface area contributed by atoms with Crippen LogP contribution in [0.5, 0.6) is 11.5 Å². The van der Waals surface area contributed by atoms with Crippen LogP contribution in [-0.4, -0.2) is 29.6 Å². The SMILES string of the molecule is CC1(C)CNCCC1CNc1ncnc(N)c1-c1ccc(Oc2ccccc2)cc1. The Morgan fingerprint density at radius 3 is 2.53 bits per heavy atom. The van der Waals surface area contributed by atoms with Gasteiger partial charge in [-0.25, -0.2) is 9.97 Å². The average Bonchev–Trinajstić information content (AvgIpc) is 2.74. The van der Waals surface area contributed by atoms with Crippen LogP contribution in [0.2, 0.25) is 0 Å². The van der Waals surface area contributed by atoms with Gasteiger partial charge < -0.3 is 21.1 Å². The molecule has 0 radical (unpaired) electrons. The van der Waals surface area contributed by atoms with Gasteiger partial charge in [-0.1, -0.05) is 44.2 Å². The lowest BCUT2D eigenvalue weighted by molar-refractivity contribution is 0.166. The molecule has 4 rings (SSSR count). The Morgan fingerprint density at radius 2 is 1.80 bits per heavy atom. The number of rotatable bonds is 6. The van der Waals surface area contributed by atoms with Crippen molar-refractivity contribution in [1.82, 2.24) is 15.3 Å². The first kappa shape index (κ1) is 20.2. The average molecular weight is 404 g/mol. The van der Waals surface area contributed by atoms with E-state index in [2.05, 4.69) is 34.4 Å². The monoisotopic (exact) mass is 403 g/mol. The molecule has 6 heteroatoms. The summed E-state index contributed by atoms with van der Waals surface area (Å²) in [5, 5.41) is 7.03. The van der Waals surface area contributed by atoms with Crippen molar-refractivity contribution in [3.05, 3.63) is 60.9 Å². The molecule has 4 N–H and O–H groups in total. The van der Waals surface area contributed by atoms with Crippen LogP contribution in [0, 0.1) is 11.3 Å². The third kappa shape index (κ3) is 4.54. The number of hydrogen-bond donors (Lipinski definition) is 3. The fraction of sp³-hybridized carbons (Fsp3) is 0.333. The second-order valence-electron chi connectivity index (χ2n) is 8.45. The van der Waals surface area contributed by atoms with E-state index in [1.807, 2.05) is 54.6 Å². The van der Waals surface area contributed by atoms with Gasteiger partial charge in [0.25, 0.3) is 0 Å². The molecule has 2 aromatic carbocycles. The second-order valence-corrected chi connectivity index (χ2v) is 8.45. The van der Waals surface area contributed by atoms with E-state index in [1.54, 1.807) is 0 Å². The zero-order chi connectivity index (χ0) is 21.0. The van der Waals surface area contributed by atoms with E-state index in [1.165, 1.54) is 6.33 Å². The Balaban J connectivity index is 1.52. The molecule has 156 valence electrons. The van der Waals surface area contributed by atoms with Crippen molar-refractivity contribution in [3.8, 4) is 22.6 Å². The van der Waals surface area contributed by atoms with Gasteiger partial charge in [0.1, 0.15) is 29.5 Å². The molecule has 0 spiro atoms. The highest BCUT2D eigenvalue weighted by Gasteiger charge is 2.32. The summed E-state index contributed by atoms with van der Waals surface area (Å²) in [6.45, 7) is 7.56. The van der Waals surface area contributed by atoms with E-state index >= 15 is 0 Å². The largest absolute Gasteiger partial charge is 0.457 e. The summed E-state index contributed by atoms with van der Waals surface area (Å²) in [7, 11) is 0. The molecule has 1 aliphatic heterocycles. The summed E-state index contributed by atoms with van der Waals surface area (Å²) in [5.74, 6) is 3.37. The lowest BCUT2D eigenvalue weighted by Gasteiger charge is -2.39. The van der Waals surface area contributed by atoms with Crippen LogP contribution < -0.4 is 21.1 Å². The topological polar surface area (TPSA) is 85.1 Å². The molecule has 6 nitrogen and oxygen atoms in total. The van der Waals surface area contributed by atoms with Crippen LogP contribution in [0.15, 0.2) is 60.9 Å². The second kappa shape index (κ2) is 8.71. The first-order valence-corrected chi connectivity index (χ1v) is 10.4. The van der Waals surface area contributed by atoms with Crippen LogP contribution >= 0.6 is 0 Å². The molecule has 0 saturated carbocycles. The van der Waals surface area contributed by atoms with Gasteiger partial charge in [0.05, 0.1) is 5.56 Å². The lowest BCUT2D eigenvalue weighted by Crippen LogP contribution is -2.45. The van der Waals surface area contributed by atoms with Gasteiger partial charge in [0.15, 0.2) is 0 Å². The van der Waals surface area contributed by atoms with Crippen LogP contribution in [0.3, 0.4) is 0 Å². The number of piperidine rings is 1. The number of benzene rings is 2. The van der Waals surface area contributed by atoms with Crippen molar-refractivity contribution in [2.75, 3.05) is 30.7 Å². The van der Waals surface area contributed by atoms with Crippen molar-refractivity contribution < 1.29 is 4.74 Å². The quantitative estimate of drug-likeness (QED) is 0.559. The zero-order valence-corrected chi connectivity index (χ0v) is 17.6. The van der Waals surface area contributed by atoms with Crippen LogP contribution in [0.4, 0.5) is 11.6 Å². The standard InChI is InChI=1S/C24H29N5O/c1-24(2)15-26-13-12-18(24)14-27-23-21(22(25)28-16-29-23)17-8-10-20(11-9-17)30-19-6-4-3-5-7-19/h3-11,16,18,26H,12-15H2,1-2H3,(H3,25,27,28,29). The van der Waals surface area contributed by atoms with E-state index in [0.29, 0.717) is 11.7 Å². The molecule has 1 fully saturated rings. The Bertz CT molecular complexity index is 973. The summed E-state index contributed by atoms with van der Waals surface area (Å²) in [4.78, 5) is 8.70. The van der Waals surface area contributed by atoms with Gasteiger partial charge in [-0.05, 0) is 54.1 Å². The van der Waals surface area contributed by atoms with Crippen molar-refractivity contribution in [2.45, 2.75) is 20.3 Å². The van der Waals surface area contributed by atoms with Crippen molar-refractivity contribution in [1.29, 1.82) is 0 Å². The number of nitrogens with two attached hydrogens (primary N) is 1. The maximum absolute atomic E-state index is 6.24. The predicted octanol–water partition coefficient (Wildman–Crippen LogP) is 4.57. The molecule has 0 aliphatic carbocycles. The number of aromatic nitrogens is 2. The number of nitrogen functional groups attached to an aromatic ring is 1. The first-order chi connectivity index (χ1) is 14.5. The van der Waals surface area contributed by atoms with Crippen molar-refractivity contribution in [2.24, 2.45) is 11.3 Å².